The topological polar surface area (TPSA) is 116 Å². The number of rotatable bonds is 9. The number of nitrogens with zero attached hydrogens (tertiary/aromatic N) is 3. The third-order valence-corrected chi connectivity index (χ3v) is 6.95. The van der Waals surface area contributed by atoms with E-state index in [4.69, 9.17) is 9.47 Å². The molecule has 5 rings (SSSR count). The van der Waals surface area contributed by atoms with Crippen molar-refractivity contribution >= 4 is 34.7 Å². The maximum absolute atomic E-state index is 12.6. The van der Waals surface area contributed by atoms with E-state index in [9.17, 15) is 9.90 Å². The van der Waals surface area contributed by atoms with Gasteiger partial charge in [-0.05, 0) is 76.6 Å². The number of amides is 1. The van der Waals surface area contributed by atoms with Crippen molar-refractivity contribution in [2.24, 2.45) is 5.10 Å². The van der Waals surface area contributed by atoms with Crippen LogP contribution in [0.15, 0.2) is 95.2 Å². The number of carbonyl (C=O) groups excluding carboxylic acids is 1. The van der Waals surface area contributed by atoms with Gasteiger partial charge in [0.25, 0.3) is 11.7 Å². The normalized spacial score (nSPS) is 11.1. The van der Waals surface area contributed by atoms with Gasteiger partial charge in [-0.25, -0.2) is 5.43 Å². The monoisotopic (exact) mass is 539 g/mol. The maximum atomic E-state index is 12.6. The average Bonchev–Trinajstić information content (AvgIpc) is 3.41. The standard InChI is InChI=1S/C29H25N5O4S/c1-37-22-12-7-20(8-13-22)28-32-33-29(34(28)21-10-14-23(38-2)15-11-21)39-18-27(36)31-30-17-25-24-6-4-3-5-19(24)9-16-26(25)35/h3-17H,18H2,1-2H3,(H2,30,31,35,36). The summed E-state index contributed by atoms with van der Waals surface area (Å²) in [6.45, 7) is 0. The van der Waals surface area contributed by atoms with Gasteiger partial charge in [-0.15, -0.1) is 5.10 Å². The van der Waals surface area contributed by atoms with E-state index >= 15 is 0 Å². The van der Waals surface area contributed by atoms with E-state index in [1.807, 2.05) is 77.4 Å². The Bertz CT molecular complexity index is 1630. The van der Waals surface area contributed by atoms with Crippen LogP contribution in [0.1, 0.15) is 5.56 Å². The van der Waals surface area contributed by atoms with Crippen LogP contribution in [-0.4, -0.2) is 42.3 Å². The zero-order chi connectivity index (χ0) is 27.2. The van der Waals surface area contributed by atoms with E-state index in [2.05, 4.69) is 20.7 Å². The molecule has 0 fully saturated rings. The fourth-order valence-corrected chi connectivity index (χ4v) is 4.81. The second-order valence-electron chi connectivity index (χ2n) is 8.40. The quantitative estimate of drug-likeness (QED) is 0.127. The van der Waals surface area contributed by atoms with Crippen LogP contribution < -0.4 is 24.6 Å². The number of H-pyrrole nitrogens is 1. The molecule has 0 unspecified atom stereocenters. The number of fused-ring (bicyclic) bond motifs is 1. The summed E-state index contributed by atoms with van der Waals surface area (Å²) in [4.78, 5) is 12.6. The summed E-state index contributed by atoms with van der Waals surface area (Å²) < 4.78 is 12.5. The lowest BCUT2D eigenvalue weighted by Gasteiger charge is -2.12. The molecule has 39 heavy (non-hydrogen) atoms. The first-order chi connectivity index (χ1) is 19.1. The molecule has 9 nitrogen and oxygen atoms in total. The van der Waals surface area contributed by atoms with Gasteiger partial charge >= 0.3 is 5.16 Å². The van der Waals surface area contributed by atoms with Gasteiger partial charge in [-0.3, -0.25) is 4.79 Å². The third-order valence-electron chi connectivity index (χ3n) is 6.01. The Balaban J connectivity index is 1.34. The molecule has 0 spiro atoms. The molecule has 0 aliphatic rings. The molecule has 0 bridgehead atoms. The smallest absolute Gasteiger partial charge is 0.342 e. The van der Waals surface area contributed by atoms with Crippen LogP contribution in [0.2, 0.25) is 0 Å². The predicted molar refractivity (Wildman–Crippen MR) is 149 cm³/mol. The second kappa shape index (κ2) is 11.7. The zero-order valence-corrected chi connectivity index (χ0v) is 22.1. The second-order valence-corrected chi connectivity index (χ2v) is 9.34. The highest BCUT2D eigenvalue weighted by molar-refractivity contribution is 7.99. The van der Waals surface area contributed by atoms with Crippen molar-refractivity contribution in [2.75, 3.05) is 20.0 Å². The number of hydrogen-bond acceptors (Lipinski definition) is 7. The molecule has 1 aromatic heterocycles. The Kier molecular flexibility index (Phi) is 7.74. The molecule has 0 saturated carbocycles. The molecule has 0 atom stereocenters. The van der Waals surface area contributed by atoms with Gasteiger partial charge in [-0.1, -0.05) is 42.1 Å². The van der Waals surface area contributed by atoms with Gasteiger partial charge in [-0.2, -0.15) is 9.67 Å². The number of ether oxygens (including phenoxy) is 2. The Morgan fingerprint density at radius 2 is 1.69 bits per heavy atom. The highest BCUT2D eigenvalue weighted by Gasteiger charge is 2.24. The molecular formula is C29H25N5O4S. The molecule has 0 saturated heterocycles. The van der Waals surface area contributed by atoms with E-state index in [0.29, 0.717) is 10.7 Å². The minimum Gasteiger partial charge on any atom is -0.872 e. The van der Waals surface area contributed by atoms with Crippen LogP contribution in [0.25, 0.3) is 27.8 Å². The summed E-state index contributed by atoms with van der Waals surface area (Å²) in [6.07, 6.45) is 1.39. The minimum absolute atomic E-state index is 0.0557. The Morgan fingerprint density at radius 3 is 2.41 bits per heavy atom. The SMILES string of the molecule is COc1ccc(-c2[nH]nc(SCC(=O)N/N=C/c3c([O-])ccc4ccccc34)[n+]2-c2ccc(OC)cc2)cc1. The fraction of sp³-hybridized carbons (Fsp3) is 0.103. The first-order valence-corrected chi connectivity index (χ1v) is 13.0. The lowest BCUT2D eigenvalue weighted by Crippen LogP contribution is -2.34. The van der Waals surface area contributed by atoms with Crippen LogP contribution in [-0.2, 0) is 4.79 Å². The van der Waals surface area contributed by atoms with Crippen molar-refractivity contribution in [3.05, 3.63) is 90.5 Å². The maximum Gasteiger partial charge on any atom is 0.342 e. The number of hydrogen-bond donors (Lipinski definition) is 2. The van der Waals surface area contributed by atoms with Crippen LogP contribution >= 0.6 is 11.8 Å². The molecule has 0 radical (unpaired) electrons. The summed E-state index contributed by atoms with van der Waals surface area (Å²) >= 11 is 1.25. The number of aromatic nitrogens is 3. The molecule has 5 aromatic rings. The summed E-state index contributed by atoms with van der Waals surface area (Å²) in [6, 6.07) is 26.0. The number of methoxy groups -OCH3 is 2. The molecule has 1 amide bonds. The average molecular weight is 540 g/mol. The molecule has 1 heterocycles. The highest BCUT2D eigenvalue weighted by Crippen LogP contribution is 2.25. The Morgan fingerprint density at radius 1 is 1.00 bits per heavy atom. The van der Waals surface area contributed by atoms with E-state index in [1.54, 1.807) is 20.3 Å². The Labute approximate surface area is 229 Å². The third kappa shape index (κ3) is 5.70. The molecule has 196 valence electrons. The van der Waals surface area contributed by atoms with Crippen LogP contribution in [0.5, 0.6) is 17.2 Å². The van der Waals surface area contributed by atoms with Gasteiger partial charge in [0.05, 0.1) is 36.8 Å². The zero-order valence-electron chi connectivity index (χ0n) is 21.3. The van der Waals surface area contributed by atoms with Crippen molar-refractivity contribution in [3.63, 3.8) is 0 Å². The van der Waals surface area contributed by atoms with E-state index in [0.717, 1.165) is 39.3 Å². The lowest BCUT2D eigenvalue weighted by molar-refractivity contribution is -0.625. The molecule has 10 heteroatoms. The summed E-state index contributed by atoms with van der Waals surface area (Å²) in [5.41, 5.74) is 4.67. The van der Waals surface area contributed by atoms with E-state index in [-0.39, 0.29) is 17.4 Å². The van der Waals surface area contributed by atoms with E-state index < -0.39 is 0 Å². The van der Waals surface area contributed by atoms with Gasteiger partial charge in [0.2, 0.25) is 0 Å². The molecular weight excluding hydrogens is 514 g/mol. The predicted octanol–water partition coefficient (Wildman–Crippen LogP) is 3.84. The number of carbonyl (C=O) groups is 1. The van der Waals surface area contributed by atoms with Gasteiger partial charge < -0.3 is 14.6 Å². The van der Waals surface area contributed by atoms with Crippen molar-refractivity contribution in [1.82, 2.24) is 15.6 Å². The van der Waals surface area contributed by atoms with Gasteiger partial charge in [0, 0.05) is 0 Å². The summed E-state index contributed by atoms with van der Waals surface area (Å²) in [7, 11) is 3.23. The number of thioether (sulfide) groups is 1. The van der Waals surface area contributed by atoms with Crippen LogP contribution in [0.4, 0.5) is 0 Å². The highest BCUT2D eigenvalue weighted by atomic mass is 32.2. The first-order valence-electron chi connectivity index (χ1n) is 12.0. The molecule has 0 aliphatic carbocycles. The summed E-state index contributed by atoms with van der Waals surface area (Å²) in [5.74, 6) is 1.77. The van der Waals surface area contributed by atoms with E-state index in [1.165, 1.54) is 24.0 Å². The van der Waals surface area contributed by atoms with Gasteiger partial charge in [0.15, 0.2) is 0 Å². The van der Waals surface area contributed by atoms with Crippen LogP contribution in [0, 0.1) is 0 Å². The van der Waals surface area contributed by atoms with Crippen molar-refractivity contribution in [3.8, 4) is 34.3 Å². The number of benzene rings is 4. The molecule has 4 aromatic carbocycles. The molecule has 0 aliphatic heterocycles. The minimum atomic E-state index is -0.334. The molecule has 2 N–H and O–H groups in total. The first kappa shape index (κ1) is 25.8. The van der Waals surface area contributed by atoms with Crippen molar-refractivity contribution in [1.29, 1.82) is 0 Å². The van der Waals surface area contributed by atoms with Crippen molar-refractivity contribution in [2.45, 2.75) is 5.16 Å². The fourth-order valence-electron chi connectivity index (χ4n) is 4.05. The van der Waals surface area contributed by atoms with Crippen LogP contribution in [0.3, 0.4) is 0 Å². The van der Waals surface area contributed by atoms with Gasteiger partial charge in [0.1, 0.15) is 17.2 Å². The number of aromatic amines is 1. The Hall–Kier alpha value is -4.83. The lowest BCUT2D eigenvalue weighted by atomic mass is 10.0. The largest absolute Gasteiger partial charge is 0.872 e. The van der Waals surface area contributed by atoms with Crippen molar-refractivity contribution < 1.29 is 23.9 Å². The number of hydrazone groups is 1. The number of nitrogens with one attached hydrogen (secondary N) is 2. The summed E-state index contributed by atoms with van der Waals surface area (Å²) in [5, 5.41) is 26.2.